The minimum Gasteiger partial charge on any atom is -0.334 e. The summed E-state index contributed by atoms with van der Waals surface area (Å²) in [5, 5.41) is 7.57. The van der Waals surface area contributed by atoms with Crippen molar-refractivity contribution in [3.8, 4) is 11.5 Å². The molecule has 2 saturated heterocycles. The average molecular weight is 385 g/mol. The number of likely N-dealkylation sites (N-methyl/N-ethyl adjacent to an activating group) is 1. The van der Waals surface area contributed by atoms with Crippen LogP contribution in [0.4, 0.5) is 0 Å². The molecule has 0 aliphatic carbocycles. The highest BCUT2D eigenvalue weighted by atomic mass is 35.5. The van der Waals surface area contributed by atoms with Crippen LogP contribution in [0.1, 0.15) is 22.0 Å². The van der Waals surface area contributed by atoms with Crippen LogP contribution in [0.5, 0.6) is 0 Å². The van der Waals surface area contributed by atoms with Gasteiger partial charge in [0.05, 0.1) is 10.6 Å². The van der Waals surface area contributed by atoms with Crippen LogP contribution in [0.15, 0.2) is 28.8 Å². The zero-order chi connectivity index (χ0) is 15.6. The number of hydrogen-bond donors (Lipinski definition) is 1. The van der Waals surface area contributed by atoms with Crippen molar-refractivity contribution in [2.75, 3.05) is 38.2 Å². The van der Waals surface area contributed by atoms with Gasteiger partial charge in [0.25, 0.3) is 5.89 Å². The molecule has 8 heteroatoms. The van der Waals surface area contributed by atoms with E-state index in [9.17, 15) is 0 Å². The first-order valence-corrected chi connectivity index (χ1v) is 9.99. The molecular weight excluding hydrogens is 364 g/mol. The number of benzene rings is 1. The Morgan fingerprint density at radius 2 is 1.96 bits per heavy atom. The van der Waals surface area contributed by atoms with Gasteiger partial charge in [-0.05, 0) is 24.7 Å². The Bertz CT molecular complexity index is 660. The molecule has 1 aromatic heterocycles. The second-order valence-corrected chi connectivity index (χ2v) is 8.58. The fraction of sp³-hybridized carbons (Fsp3) is 0.500. The van der Waals surface area contributed by atoms with Crippen molar-refractivity contribution < 1.29 is 4.52 Å². The summed E-state index contributed by atoms with van der Waals surface area (Å²) >= 11 is 4.04. The molecule has 1 atom stereocenters. The molecule has 0 spiro atoms. The van der Waals surface area contributed by atoms with Gasteiger partial charge in [0.2, 0.25) is 0 Å². The maximum absolute atomic E-state index is 5.49. The summed E-state index contributed by atoms with van der Waals surface area (Å²) in [6.07, 6.45) is 0. The number of piperazine rings is 1. The van der Waals surface area contributed by atoms with E-state index in [0.29, 0.717) is 10.5 Å². The minimum absolute atomic E-state index is 0. The highest BCUT2D eigenvalue weighted by Crippen LogP contribution is 2.45. The van der Waals surface area contributed by atoms with Crippen LogP contribution >= 0.6 is 35.9 Å². The number of aromatic nitrogens is 2. The smallest absolute Gasteiger partial charge is 0.257 e. The van der Waals surface area contributed by atoms with E-state index in [1.807, 2.05) is 23.5 Å². The van der Waals surface area contributed by atoms with E-state index >= 15 is 0 Å². The van der Waals surface area contributed by atoms with E-state index < -0.39 is 0 Å². The molecule has 2 aliphatic rings. The van der Waals surface area contributed by atoms with Crippen LogP contribution < -0.4 is 5.32 Å². The molecule has 0 amide bonds. The van der Waals surface area contributed by atoms with Crippen molar-refractivity contribution >= 4 is 35.9 Å². The summed E-state index contributed by atoms with van der Waals surface area (Å²) in [5.41, 5.74) is 2.36. The van der Waals surface area contributed by atoms with Gasteiger partial charge < -0.3 is 9.84 Å². The molecule has 3 heterocycles. The number of hydrogen-bond acceptors (Lipinski definition) is 7. The number of thioether (sulfide) groups is 2. The molecule has 1 aromatic carbocycles. The molecule has 1 unspecified atom stereocenters. The molecule has 0 radical (unpaired) electrons. The molecule has 5 nitrogen and oxygen atoms in total. The summed E-state index contributed by atoms with van der Waals surface area (Å²) in [6, 6.07) is 8.74. The molecule has 2 fully saturated rings. The molecule has 0 saturated carbocycles. The highest BCUT2D eigenvalue weighted by Gasteiger charge is 2.25. The predicted octanol–water partition coefficient (Wildman–Crippen LogP) is 3.21. The lowest BCUT2D eigenvalue weighted by molar-refractivity contribution is 0.190. The quantitative estimate of drug-likeness (QED) is 0.871. The Balaban J connectivity index is 0.00000169. The summed E-state index contributed by atoms with van der Waals surface area (Å²) < 4.78 is 6.07. The van der Waals surface area contributed by atoms with Gasteiger partial charge in [0.1, 0.15) is 0 Å². The third kappa shape index (κ3) is 3.75. The summed E-state index contributed by atoms with van der Waals surface area (Å²) in [5.74, 6) is 3.86. The minimum atomic E-state index is 0. The van der Waals surface area contributed by atoms with Gasteiger partial charge in [0.15, 0.2) is 5.82 Å². The van der Waals surface area contributed by atoms with Crippen molar-refractivity contribution in [2.45, 2.75) is 10.6 Å². The number of rotatable bonds is 3. The molecule has 1 N–H and O–H groups in total. The third-order valence-electron chi connectivity index (χ3n) is 4.30. The van der Waals surface area contributed by atoms with Crippen molar-refractivity contribution in [1.29, 1.82) is 0 Å². The Kier molecular flexibility index (Phi) is 6.10. The lowest BCUT2D eigenvalue weighted by Gasteiger charge is -2.30. The summed E-state index contributed by atoms with van der Waals surface area (Å²) in [4.78, 5) is 6.88. The second kappa shape index (κ2) is 8.10. The van der Waals surface area contributed by atoms with E-state index in [1.54, 1.807) is 0 Å². The summed E-state index contributed by atoms with van der Waals surface area (Å²) in [6.45, 7) is 2.88. The van der Waals surface area contributed by atoms with E-state index in [4.69, 9.17) is 4.52 Å². The van der Waals surface area contributed by atoms with Gasteiger partial charge >= 0.3 is 0 Å². The molecule has 0 bridgehead atoms. The van der Waals surface area contributed by atoms with Gasteiger partial charge in [-0.1, -0.05) is 17.3 Å². The van der Waals surface area contributed by atoms with Gasteiger partial charge in [-0.15, -0.1) is 35.9 Å². The maximum Gasteiger partial charge on any atom is 0.257 e. The first kappa shape index (κ1) is 18.1. The zero-order valence-electron chi connectivity index (χ0n) is 13.5. The predicted molar refractivity (Wildman–Crippen MR) is 103 cm³/mol. The lowest BCUT2D eigenvalue weighted by Crippen LogP contribution is -2.44. The van der Waals surface area contributed by atoms with Crippen molar-refractivity contribution in [3.05, 3.63) is 35.7 Å². The van der Waals surface area contributed by atoms with E-state index in [2.05, 4.69) is 51.7 Å². The Hall–Kier alpha value is -0.730. The fourth-order valence-corrected chi connectivity index (χ4v) is 5.77. The monoisotopic (exact) mass is 384 g/mol. The fourth-order valence-electron chi connectivity index (χ4n) is 2.92. The SMILES string of the molecule is CN1CCNCC1c1noc(-c2ccc(C3SCCS3)cc2)n1.Cl. The zero-order valence-corrected chi connectivity index (χ0v) is 15.9. The first-order valence-electron chi connectivity index (χ1n) is 7.89. The van der Waals surface area contributed by atoms with Crippen LogP contribution in [0, 0.1) is 0 Å². The van der Waals surface area contributed by atoms with Crippen LogP contribution in [0.3, 0.4) is 0 Å². The number of nitrogens with one attached hydrogen (secondary N) is 1. The van der Waals surface area contributed by atoms with Gasteiger partial charge in [-0.25, -0.2) is 0 Å². The third-order valence-corrected chi connectivity index (χ3v) is 7.41. The Morgan fingerprint density at radius 1 is 1.21 bits per heavy atom. The van der Waals surface area contributed by atoms with Crippen molar-refractivity contribution in [1.82, 2.24) is 20.4 Å². The van der Waals surface area contributed by atoms with Crippen molar-refractivity contribution in [2.24, 2.45) is 0 Å². The first-order chi connectivity index (χ1) is 11.3. The van der Waals surface area contributed by atoms with Crippen LogP contribution in [0.25, 0.3) is 11.5 Å². The van der Waals surface area contributed by atoms with Crippen LogP contribution in [0.2, 0.25) is 0 Å². The second-order valence-electron chi connectivity index (χ2n) is 5.85. The molecule has 130 valence electrons. The number of halogens is 1. The normalized spacial score (nSPS) is 22.5. The van der Waals surface area contributed by atoms with Crippen LogP contribution in [-0.4, -0.2) is 53.2 Å². The molecule has 4 rings (SSSR count). The molecular formula is C16H21ClN4OS2. The van der Waals surface area contributed by atoms with E-state index in [-0.39, 0.29) is 18.4 Å². The largest absolute Gasteiger partial charge is 0.334 e. The maximum atomic E-state index is 5.49. The molecule has 24 heavy (non-hydrogen) atoms. The Labute approximate surface area is 156 Å². The lowest BCUT2D eigenvalue weighted by atomic mass is 10.1. The van der Waals surface area contributed by atoms with Gasteiger partial charge in [0, 0.05) is 36.7 Å². The average Bonchev–Trinajstić information content (AvgIpc) is 3.27. The highest BCUT2D eigenvalue weighted by molar-refractivity contribution is 8.19. The van der Waals surface area contributed by atoms with Gasteiger partial charge in [-0.2, -0.15) is 4.98 Å². The number of nitrogens with zero attached hydrogens (tertiary/aromatic N) is 3. The Morgan fingerprint density at radius 3 is 2.67 bits per heavy atom. The van der Waals surface area contributed by atoms with Crippen molar-refractivity contribution in [3.63, 3.8) is 0 Å². The van der Waals surface area contributed by atoms with E-state index in [1.165, 1.54) is 17.1 Å². The molecule has 2 aromatic rings. The molecule has 2 aliphatic heterocycles. The van der Waals surface area contributed by atoms with E-state index in [0.717, 1.165) is 31.0 Å². The van der Waals surface area contributed by atoms with Crippen LogP contribution in [-0.2, 0) is 0 Å². The summed E-state index contributed by atoms with van der Waals surface area (Å²) in [7, 11) is 2.10. The standard InChI is InChI=1S/C16H20N4OS2.ClH/c1-20-7-6-17-10-13(20)14-18-15(21-19-14)11-2-4-12(5-3-11)16-22-8-9-23-16;/h2-5,13,16-17H,6-10H2,1H3;1H. The van der Waals surface area contributed by atoms with Gasteiger partial charge in [-0.3, -0.25) is 4.90 Å². The topological polar surface area (TPSA) is 54.2 Å².